The van der Waals surface area contributed by atoms with E-state index in [0.717, 1.165) is 16.5 Å². The third kappa shape index (κ3) is 4.88. The largest absolute Gasteiger partial charge is 0.135 e. The van der Waals surface area contributed by atoms with Crippen molar-refractivity contribution in [3.05, 3.63) is 70.2 Å². The maximum atomic E-state index is 6.06. The van der Waals surface area contributed by atoms with Gasteiger partial charge in [-0.25, -0.2) is 0 Å². The van der Waals surface area contributed by atoms with E-state index in [2.05, 4.69) is 37.3 Å². The highest BCUT2D eigenvalue weighted by Crippen LogP contribution is 2.39. The molecule has 0 spiro atoms. The number of hydrogen-bond acceptors (Lipinski definition) is 1. The van der Waals surface area contributed by atoms with Crippen LogP contribution in [0, 0.1) is 0 Å². The van der Waals surface area contributed by atoms with Crippen molar-refractivity contribution >= 4 is 34.5 Å². The van der Waals surface area contributed by atoms with Crippen LogP contribution in [0.3, 0.4) is 0 Å². The quantitative estimate of drug-likeness (QED) is 0.355. The molecule has 0 amide bonds. The first-order valence-electron chi connectivity index (χ1n) is 8.82. The van der Waals surface area contributed by atoms with Crippen LogP contribution >= 0.6 is 34.5 Å². The van der Waals surface area contributed by atoms with Gasteiger partial charge in [-0.3, -0.25) is 0 Å². The molecule has 0 saturated carbocycles. The second-order valence-corrected chi connectivity index (χ2v) is 8.21. The summed E-state index contributed by atoms with van der Waals surface area (Å²) in [7, 11) is 0. The number of unbranched alkanes of at least 4 members (excludes halogenated alkanes) is 3. The molecule has 0 saturated heterocycles. The van der Waals surface area contributed by atoms with Crippen LogP contribution in [0.5, 0.6) is 0 Å². The van der Waals surface area contributed by atoms with Gasteiger partial charge in [-0.15, -0.1) is 11.3 Å². The Balaban J connectivity index is 1.92. The fourth-order valence-corrected chi connectivity index (χ4v) is 4.43. The number of thiophene rings is 1. The molecule has 0 aliphatic heterocycles. The second kappa shape index (κ2) is 8.89. The number of halogens is 2. The lowest BCUT2D eigenvalue weighted by Crippen LogP contribution is -1.86. The van der Waals surface area contributed by atoms with Crippen LogP contribution in [-0.2, 0) is 6.42 Å². The van der Waals surface area contributed by atoms with Crippen LogP contribution in [0.1, 0.15) is 38.2 Å². The van der Waals surface area contributed by atoms with Crippen molar-refractivity contribution in [2.24, 2.45) is 0 Å². The van der Waals surface area contributed by atoms with Gasteiger partial charge in [0.05, 0.1) is 0 Å². The third-order valence-electron chi connectivity index (χ3n) is 4.34. The molecular formula is C22H22Cl2S. The normalized spacial score (nSPS) is 11.0. The van der Waals surface area contributed by atoms with Crippen molar-refractivity contribution in [1.82, 2.24) is 0 Å². The van der Waals surface area contributed by atoms with E-state index < -0.39 is 0 Å². The second-order valence-electron chi connectivity index (χ2n) is 6.29. The van der Waals surface area contributed by atoms with Gasteiger partial charge in [-0.2, -0.15) is 0 Å². The molecule has 0 atom stereocenters. The predicted octanol–water partition coefficient (Wildman–Crippen LogP) is 8.51. The molecule has 1 heterocycles. The minimum absolute atomic E-state index is 0.776. The van der Waals surface area contributed by atoms with Crippen molar-refractivity contribution < 1.29 is 0 Å². The SMILES string of the molecule is CCCCCCc1cc(-c2ccc(Cl)cc2)sc1-c1ccc(Cl)cc1. The van der Waals surface area contributed by atoms with E-state index in [1.165, 1.54) is 52.1 Å². The minimum atomic E-state index is 0.776. The molecule has 3 heteroatoms. The van der Waals surface area contributed by atoms with Crippen LogP contribution in [0.2, 0.25) is 10.0 Å². The minimum Gasteiger partial charge on any atom is -0.135 e. The molecular weight excluding hydrogens is 367 g/mol. The highest BCUT2D eigenvalue weighted by atomic mass is 35.5. The zero-order chi connectivity index (χ0) is 17.6. The highest BCUT2D eigenvalue weighted by Gasteiger charge is 2.12. The van der Waals surface area contributed by atoms with E-state index in [9.17, 15) is 0 Å². The molecule has 3 rings (SSSR count). The molecule has 0 fully saturated rings. The average molecular weight is 389 g/mol. The summed E-state index contributed by atoms with van der Waals surface area (Å²) < 4.78 is 0. The van der Waals surface area contributed by atoms with Crippen LogP contribution in [0.25, 0.3) is 20.9 Å². The molecule has 25 heavy (non-hydrogen) atoms. The van der Waals surface area contributed by atoms with Gasteiger partial charge in [0, 0.05) is 19.8 Å². The standard InChI is InChI=1S/C22H22Cl2S/c1-2-3-4-5-6-18-15-21(16-7-11-19(23)12-8-16)25-22(18)17-9-13-20(24)14-10-17/h7-15H,2-6H2,1H3. The Morgan fingerprint density at radius 3 is 1.96 bits per heavy atom. The molecule has 0 bridgehead atoms. The maximum absolute atomic E-state index is 6.06. The van der Waals surface area contributed by atoms with E-state index in [1.54, 1.807) is 0 Å². The van der Waals surface area contributed by atoms with E-state index in [1.807, 2.05) is 35.6 Å². The maximum Gasteiger partial charge on any atom is 0.0406 e. The summed E-state index contributed by atoms with van der Waals surface area (Å²) >= 11 is 14.0. The van der Waals surface area contributed by atoms with Gasteiger partial charge in [0.25, 0.3) is 0 Å². The first-order chi connectivity index (χ1) is 12.2. The molecule has 130 valence electrons. The summed E-state index contributed by atoms with van der Waals surface area (Å²) in [4.78, 5) is 2.66. The number of aryl methyl sites for hydroxylation is 1. The molecule has 2 aromatic carbocycles. The predicted molar refractivity (Wildman–Crippen MR) is 113 cm³/mol. The summed E-state index contributed by atoms with van der Waals surface area (Å²) in [5.41, 5.74) is 3.91. The van der Waals surface area contributed by atoms with E-state index in [0.29, 0.717) is 0 Å². The Morgan fingerprint density at radius 1 is 0.760 bits per heavy atom. The van der Waals surface area contributed by atoms with Gasteiger partial charge in [0.15, 0.2) is 0 Å². The lowest BCUT2D eigenvalue weighted by atomic mass is 10.0. The third-order valence-corrected chi connectivity index (χ3v) is 6.12. The molecule has 1 aromatic heterocycles. The number of benzene rings is 2. The smallest absolute Gasteiger partial charge is 0.0406 e. The molecule has 0 nitrogen and oxygen atoms in total. The first kappa shape index (κ1) is 18.5. The van der Waals surface area contributed by atoms with Crippen LogP contribution in [0.15, 0.2) is 54.6 Å². The monoisotopic (exact) mass is 388 g/mol. The summed E-state index contributed by atoms with van der Waals surface area (Å²) in [6.45, 7) is 2.25. The molecule has 0 aliphatic rings. The molecule has 0 radical (unpaired) electrons. The Kier molecular flexibility index (Phi) is 6.58. The van der Waals surface area contributed by atoms with Crippen LogP contribution < -0.4 is 0 Å². The van der Waals surface area contributed by atoms with Crippen LogP contribution in [0.4, 0.5) is 0 Å². The molecule has 0 unspecified atom stereocenters. The highest BCUT2D eigenvalue weighted by molar-refractivity contribution is 7.19. The molecule has 3 aromatic rings. The van der Waals surface area contributed by atoms with Crippen molar-refractivity contribution in [3.8, 4) is 20.9 Å². The molecule has 0 N–H and O–H groups in total. The summed E-state index contributed by atoms with van der Waals surface area (Å²) in [5, 5.41) is 1.56. The lowest BCUT2D eigenvalue weighted by molar-refractivity contribution is 0.668. The van der Waals surface area contributed by atoms with Gasteiger partial charge >= 0.3 is 0 Å². The van der Waals surface area contributed by atoms with Gasteiger partial charge in [-0.05, 0) is 59.9 Å². The van der Waals surface area contributed by atoms with E-state index >= 15 is 0 Å². The van der Waals surface area contributed by atoms with Crippen molar-refractivity contribution in [2.75, 3.05) is 0 Å². The van der Waals surface area contributed by atoms with Gasteiger partial charge in [0.2, 0.25) is 0 Å². The zero-order valence-electron chi connectivity index (χ0n) is 14.4. The molecule has 0 aliphatic carbocycles. The van der Waals surface area contributed by atoms with Crippen LogP contribution in [-0.4, -0.2) is 0 Å². The van der Waals surface area contributed by atoms with E-state index in [-0.39, 0.29) is 0 Å². The van der Waals surface area contributed by atoms with E-state index in [4.69, 9.17) is 23.2 Å². The fourth-order valence-electron chi connectivity index (χ4n) is 2.96. The Bertz CT molecular complexity index is 801. The summed E-state index contributed by atoms with van der Waals surface area (Å²) in [6, 6.07) is 18.6. The van der Waals surface area contributed by atoms with Crippen molar-refractivity contribution in [3.63, 3.8) is 0 Å². The summed E-state index contributed by atoms with van der Waals surface area (Å²) in [6.07, 6.45) is 6.24. The fraction of sp³-hybridized carbons (Fsp3) is 0.273. The van der Waals surface area contributed by atoms with Gasteiger partial charge in [0.1, 0.15) is 0 Å². The Labute approximate surface area is 164 Å². The van der Waals surface area contributed by atoms with Crippen molar-refractivity contribution in [2.45, 2.75) is 39.0 Å². The lowest BCUT2D eigenvalue weighted by Gasteiger charge is -2.04. The Morgan fingerprint density at radius 2 is 1.36 bits per heavy atom. The topological polar surface area (TPSA) is 0 Å². The number of rotatable bonds is 7. The first-order valence-corrected chi connectivity index (χ1v) is 10.4. The average Bonchev–Trinajstić information content (AvgIpc) is 3.04. The van der Waals surface area contributed by atoms with Gasteiger partial charge < -0.3 is 0 Å². The summed E-state index contributed by atoms with van der Waals surface area (Å²) in [5.74, 6) is 0. The zero-order valence-corrected chi connectivity index (χ0v) is 16.7. The van der Waals surface area contributed by atoms with Gasteiger partial charge in [-0.1, -0.05) is 73.7 Å². The van der Waals surface area contributed by atoms with Crippen molar-refractivity contribution in [1.29, 1.82) is 0 Å². The number of hydrogen-bond donors (Lipinski definition) is 0. The Hall–Kier alpha value is -1.28.